The Morgan fingerprint density at radius 1 is 1.24 bits per heavy atom. The average molecular weight is 295 g/mol. The molecule has 1 rings (SSSR count). The van der Waals surface area contributed by atoms with Gasteiger partial charge in [0.1, 0.15) is 12.6 Å². The van der Waals surface area contributed by atoms with Gasteiger partial charge in [0.25, 0.3) is 0 Å². The van der Waals surface area contributed by atoms with Gasteiger partial charge in [-0.2, -0.15) is 0 Å². The first-order chi connectivity index (χ1) is 9.95. The molecule has 21 heavy (non-hydrogen) atoms. The molecule has 0 aliphatic rings. The Morgan fingerprint density at radius 3 is 2.38 bits per heavy atom. The summed E-state index contributed by atoms with van der Waals surface area (Å²) in [6.45, 7) is 1.35. The van der Waals surface area contributed by atoms with Crippen molar-refractivity contribution in [2.45, 2.75) is 19.6 Å². The summed E-state index contributed by atoms with van der Waals surface area (Å²) in [6.07, 6.45) is -0.915. The lowest BCUT2D eigenvalue weighted by Gasteiger charge is -2.19. The second-order valence-electron chi connectivity index (χ2n) is 4.33. The number of carboxylic acid groups (broad SMARTS) is 1. The van der Waals surface area contributed by atoms with Gasteiger partial charge in [-0.3, -0.25) is 4.79 Å². The number of aliphatic carboxylic acids is 1. The van der Waals surface area contributed by atoms with E-state index in [1.165, 1.54) is 6.92 Å². The van der Waals surface area contributed by atoms with Crippen molar-refractivity contribution in [3.63, 3.8) is 0 Å². The molecule has 2 atom stereocenters. The second kappa shape index (κ2) is 7.88. The van der Waals surface area contributed by atoms with Crippen LogP contribution in [0, 0.1) is 5.92 Å². The van der Waals surface area contributed by atoms with Crippen LogP contribution in [0.5, 0.6) is 0 Å². The van der Waals surface area contributed by atoms with Crippen LogP contribution < -0.4 is 5.32 Å². The van der Waals surface area contributed by atoms with Crippen LogP contribution >= 0.6 is 0 Å². The summed E-state index contributed by atoms with van der Waals surface area (Å²) in [7, 11) is 1.14. The monoisotopic (exact) mass is 295 g/mol. The Bertz CT molecular complexity index is 501. The highest BCUT2D eigenvalue weighted by Crippen LogP contribution is 2.07. The van der Waals surface area contributed by atoms with Crippen molar-refractivity contribution < 1.29 is 29.0 Å². The number of methoxy groups -OCH3 is 1. The van der Waals surface area contributed by atoms with Crippen LogP contribution in [0.2, 0.25) is 0 Å². The SMILES string of the molecule is COC(=O)[C@H](C)[C@H](NC(=O)OCc1ccccc1)C(=O)O. The van der Waals surface area contributed by atoms with Gasteiger partial charge in [-0.25, -0.2) is 9.59 Å². The predicted molar refractivity (Wildman–Crippen MR) is 72.4 cm³/mol. The van der Waals surface area contributed by atoms with Crippen molar-refractivity contribution in [2.24, 2.45) is 5.92 Å². The van der Waals surface area contributed by atoms with Gasteiger partial charge in [0.2, 0.25) is 0 Å². The molecule has 1 amide bonds. The Hall–Kier alpha value is -2.57. The number of carbonyl (C=O) groups excluding carboxylic acids is 2. The maximum atomic E-state index is 11.6. The third kappa shape index (κ3) is 5.13. The summed E-state index contributed by atoms with van der Waals surface area (Å²) < 4.78 is 9.37. The second-order valence-corrected chi connectivity index (χ2v) is 4.33. The third-order valence-corrected chi connectivity index (χ3v) is 2.83. The summed E-state index contributed by atoms with van der Waals surface area (Å²) in [5, 5.41) is 11.2. The molecule has 1 aromatic carbocycles. The molecule has 0 aliphatic heterocycles. The summed E-state index contributed by atoms with van der Waals surface area (Å²) in [5.74, 6) is -3.10. The Kier molecular flexibility index (Phi) is 6.19. The number of hydrogen-bond donors (Lipinski definition) is 2. The van der Waals surface area contributed by atoms with E-state index in [1.807, 2.05) is 6.07 Å². The van der Waals surface area contributed by atoms with Gasteiger partial charge >= 0.3 is 18.0 Å². The zero-order chi connectivity index (χ0) is 15.8. The summed E-state index contributed by atoms with van der Waals surface area (Å²) in [6, 6.07) is 7.51. The number of nitrogens with one attached hydrogen (secondary N) is 1. The molecule has 0 heterocycles. The molecular weight excluding hydrogens is 278 g/mol. The quantitative estimate of drug-likeness (QED) is 0.764. The molecule has 7 nitrogen and oxygen atoms in total. The van der Waals surface area contributed by atoms with Gasteiger partial charge in [-0.15, -0.1) is 0 Å². The minimum Gasteiger partial charge on any atom is -0.480 e. The molecule has 0 unspecified atom stereocenters. The van der Waals surface area contributed by atoms with E-state index in [-0.39, 0.29) is 6.61 Å². The fourth-order valence-corrected chi connectivity index (χ4v) is 1.61. The molecule has 0 aromatic heterocycles. The highest BCUT2D eigenvalue weighted by molar-refractivity contribution is 5.86. The molecule has 1 aromatic rings. The first kappa shape index (κ1) is 16.5. The van der Waals surface area contributed by atoms with Crippen molar-refractivity contribution in [3.8, 4) is 0 Å². The number of ether oxygens (including phenoxy) is 2. The molecule has 7 heteroatoms. The maximum absolute atomic E-state index is 11.6. The Balaban J connectivity index is 2.57. The number of rotatable bonds is 6. The van der Waals surface area contributed by atoms with Gasteiger partial charge < -0.3 is 19.9 Å². The molecule has 0 saturated carbocycles. The first-order valence-corrected chi connectivity index (χ1v) is 6.23. The van der Waals surface area contributed by atoms with Crippen LogP contribution in [-0.4, -0.2) is 36.3 Å². The lowest BCUT2D eigenvalue weighted by molar-refractivity contribution is -0.152. The largest absolute Gasteiger partial charge is 0.480 e. The first-order valence-electron chi connectivity index (χ1n) is 6.23. The standard InChI is InChI=1S/C14H17NO6/c1-9(13(18)20-2)11(12(16)17)15-14(19)21-8-10-6-4-3-5-7-10/h3-7,9,11H,8H2,1-2H3,(H,15,19)(H,16,17)/t9-,11+/m1/s1. The summed E-state index contributed by atoms with van der Waals surface area (Å²) in [4.78, 5) is 34.0. The van der Waals surface area contributed by atoms with E-state index >= 15 is 0 Å². The molecule has 0 aliphatic carbocycles. The summed E-state index contributed by atoms with van der Waals surface area (Å²) >= 11 is 0. The smallest absolute Gasteiger partial charge is 0.408 e. The lowest BCUT2D eigenvalue weighted by Crippen LogP contribution is -2.47. The van der Waals surface area contributed by atoms with Crippen LogP contribution in [0.15, 0.2) is 30.3 Å². The lowest BCUT2D eigenvalue weighted by atomic mass is 10.0. The van der Waals surface area contributed by atoms with Crippen molar-refractivity contribution in [2.75, 3.05) is 7.11 Å². The molecule has 0 radical (unpaired) electrons. The molecular formula is C14H17NO6. The topological polar surface area (TPSA) is 102 Å². The summed E-state index contributed by atoms with van der Waals surface area (Å²) in [5.41, 5.74) is 0.764. The minimum atomic E-state index is -1.42. The van der Waals surface area contributed by atoms with Crippen LogP contribution in [0.3, 0.4) is 0 Å². The highest BCUT2D eigenvalue weighted by atomic mass is 16.5. The van der Waals surface area contributed by atoms with Gasteiger partial charge in [0, 0.05) is 0 Å². The molecule has 0 spiro atoms. The molecule has 2 N–H and O–H groups in total. The number of carboxylic acids is 1. The van der Waals surface area contributed by atoms with E-state index in [0.29, 0.717) is 0 Å². The van der Waals surface area contributed by atoms with E-state index < -0.39 is 30.0 Å². The molecule has 0 bridgehead atoms. The van der Waals surface area contributed by atoms with Crippen molar-refractivity contribution in [1.82, 2.24) is 5.32 Å². The third-order valence-electron chi connectivity index (χ3n) is 2.83. The predicted octanol–water partition coefficient (Wildman–Crippen LogP) is 1.18. The number of amides is 1. The van der Waals surface area contributed by atoms with E-state index in [9.17, 15) is 14.4 Å². The number of esters is 1. The van der Waals surface area contributed by atoms with E-state index in [2.05, 4.69) is 10.1 Å². The minimum absolute atomic E-state index is 0.00557. The van der Waals surface area contributed by atoms with Crippen LogP contribution in [-0.2, 0) is 25.7 Å². The molecule has 114 valence electrons. The zero-order valence-electron chi connectivity index (χ0n) is 11.7. The number of alkyl carbamates (subject to hydrolysis) is 1. The van der Waals surface area contributed by atoms with E-state index in [4.69, 9.17) is 9.84 Å². The van der Waals surface area contributed by atoms with Crippen LogP contribution in [0.4, 0.5) is 4.79 Å². The van der Waals surface area contributed by atoms with Crippen LogP contribution in [0.25, 0.3) is 0 Å². The average Bonchev–Trinajstić information content (AvgIpc) is 2.49. The van der Waals surface area contributed by atoms with Crippen molar-refractivity contribution in [3.05, 3.63) is 35.9 Å². The van der Waals surface area contributed by atoms with Crippen LogP contribution in [0.1, 0.15) is 12.5 Å². The Morgan fingerprint density at radius 2 is 1.86 bits per heavy atom. The number of carbonyl (C=O) groups is 3. The fourth-order valence-electron chi connectivity index (χ4n) is 1.61. The number of benzene rings is 1. The van der Waals surface area contributed by atoms with Crippen molar-refractivity contribution in [1.29, 1.82) is 0 Å². The Labute approximate surface area is 121 Å². The normalized spacial score (nSPS) is 12.9. The van der Waals surface area contributed by atoms with E-state index in [1.54, 1.807) is 24.3 Å². The number of hydrogen-bond acceptors (Lipinski definition) is 5. The van der Waals surface area contributed by atoms with Gasteiger partial charge in [0.05, 0.1) is 13.0 Å². The molecule has 0 fully saturated rings. The zero-order valence-corrected chi connectivity index (χ0v) is 11.7. The van der Waals surface area contributed by atoms with Gasteiger partial charge in [-0.1, -0.05) is 30.3 Å². The van der Waals surface area contributed by atoms with Gasteiger partial charge in [0.15, 0.2) is 0 Å². The fraction of sp³-hybridized carbons (Fsp3) is 0.357. The highest BCUT2D eigenvalue weighted by Gasteiger charge is 2.32. The van der Waals surface area contributed by atoms with Gasteiger partial charge in [-0.05, 0) is 12.5 Å². The van der Waals surface area contributed by atoms with E-state index in [0.717, 1.165) is 12.7 Å². The maximum Gasteiger partial charge on any atom is 0.408 e. The van der Waals surface area contributed by atoms with Crippen molar-refractivity contribution >= 4 is 18.0 Å². The molecule has 0 saturated heterocycles.